The first kappa shape index (κ1) is 10.9. The van der Waals surface area contributed by atoms with Gasteiger partial charge < -0.3 is 5.73 Å². The minimum atomic E-state index is 0.405. The number of rotatable bonds is 5. The van der Waals surface area contributed by atoms with Crippen LogP contribution in [-0.2, 0) is 0 Å². The van der Waals surface area contributed by atoms with E-state index in [0.717, 1.165) is 6.42 Å². The number of nitrogens with two attached hydrogens (primary N) is 1. The fraction of sp³-hybridized carbons (Fsp3) is 1.00. The van der Waals surface area contributed by atoms with E-state index in [9.17, 15) is 0 Å². The Kier molecular flexibility index (Phi) is 5.46. The summed E-state index contributed by atoms with van der Waals surface area (Å²) in [5, 5.41) is 3.42. The molecule has 2 atom stereocenters. The van der Waals surface area contributed by atoms with Crippen molar-refractivity contribution < 1.29 is 0 Å². The van der Waals surface area contributed by atoms with Crippen LogP contribution in [0.3, 0.4) is 0 Å². The fourth-order valence-electron chi connectivity index (χ4n) is 1.03. The van der Waals surface area contributed by atoms with Gasteiger partial charge in [-0.1, -0.05) is 6.92 Å². The van der Waals surface area contributed by atoms with Gasteiger partial charge in [-0.05, 0) is 27.4 Å². The molecular weight excluding hydrogens is 138 g/mol. The Balaban J connectivity index is 3.68. The van der Waals surface area contributed by atoms with Gasteiger partial charge in [-0.3, -0.25) is 10.2 Å². The van der Waals surface area contributed by atoms with Crippen molar-refractivity contribution in [3.8, 4) is 0 Å². The average Bonchev–Trinajstić information content (AvgIpc) is 1.99. The first-order chi connectivity index (χ1) is 5.11. The van der Waals surface area contributed by atoms with Crippen LogP contribution in [0, 0.1) is 0 Å². The lowest BCUT2D eigenvalue weighted by atomic mass is 10.3. The lowest BCUT2D eigenvalue weighted by molar-refractivity contribution is 0.223. The summed E-state index contributed by atoms with van der Waals surface area (Å²) in [6.07, 6.45) is 1.56. The third-order valence-electron chi connectivity index (χ3n) is 1.84. The Labute approximate surface area is 69.9 Å². The van der Waals surface area contributed by atoms with E-state index >= 15 is 0 Å². The van der Waals surface area contributed by atoms with E-state index in [1.54, 1.807) is 0 Å². The molecule has 0 aliphatic heterocycles. The molecule has 0 rings (SSSR count). The molecule has 0 aliphatic carbocycles. The van der Waals surface area contributed by atoms with Crippen LogP contribution in [0.1, 0.15) is 20.3 Å². The molecule has 0 aliphatic rings. The summed E-state index contributed by atoms with van der Waals surface area (Å²) in [5.74, 6) is 0. The summed E-state index contributed by atoms with van der Waals surface area (Å²) >= 11 is 0. The van der Waals surface area contributed by atoms with Crippen LogP contribution in [0.5, 0.6) is 0 Å². The predicted molar refractivity (Wildman–Crippen MR) is 49.4 cm³/mol. The van der Waals surface area contributed by atoms with Gasteiger partial charge in [-0.2, -0.15) is 0 Å². The van der Waals surface area contributed by atoms with Crippen molar-refractivity contribution in [3.05, 3.63) is 0 Å². The van der Waals surface area contributed by atoms with Crippen LogP contribution < -0.4 is 11.1 Å². The molecule has 2 unspecified atom stereocenters. The summed E-state index contributed by atoms with van der Waals surface area (Å²) in [5.41, 5.74) is 5.49. The summed E-state index contributed by atoms with van der Waals surface area (Å²) in [6, 6.07) is 0.405. The van der Waals surface area contributed by atoms with Crippen molar-refractivity contribution in [2.45, 2.75) is 32.5 Å². The highest BCUT2D eigenvalue weighted by atomic mass is 15.2. The van der Waals surface area contributed by atoms with Crippen LogP contribution in [0.4, 0.5) is 0 Å². The van der Waals surface area contributed by atoms with Gasteiger partial charge in [0.05, 0.1) is 6.17 Å². The quantitative estimate of drug-likeness (QED) is 0.564. The van der Waals surface area contributed by atoms with Gasteiger partial charge in [0.2, 0.25) is 0 Å². The molecule has 3 N–H and O–H groups in total. The number of hydrogen-bond donors (Lipinski definition) is 2. The molecule has 11 heavy (non-hydrogen) atoms. The molecule has 0 saturated carbocycles. The van der Waals surface area contributed by atoms with Gasteiger partial charge in [0, 0.05) is 12.6 Å². The van der Waals surface area contributed by atoms with E-state index in [1.165, 1.54) is 0 Å². The normalized spacial score (nSPS) is 16.9. The molecular formula is C8H21N3. The zero-order chi connectivity index (χ0) is 8.85. The largest absolute Gasteiger partial charge is 0.329 e. The lowest BCUT2D eigenvalue weighted by Crippen LogP contribution is -2.47. The molecule has 0 spiro atoms. The van der Waals surface area contributed by atoms with E-state index in [-0.39, 0.29) is 0 Å². The summed E-state index contributed by atoms with van der Waals surface area (Å²) in [4.78, 5) is 2.17. The average molecular weight is 159 g/mol. The third kappa shape index (κ3) is 4.35. The standard InChI is InChI=1S/C8H21N3/c1-5-8(11(3)4)10-7(2)6-9/h7-8,10H,5-6,9H2,1-4H3. The van der Waals surface area contributed by atoms with Crippen LogP contribution in [0.15, 0.2) is 0 Å². The molecule has 0 amide bonds. The Morgan fingerprint density at radius 3 is 2.27 bits per heavy atom. The summed E-state index contributed by atoms with van der Waals surface area (Å²) < 4.78 is 0. The third-order valence-corrected chi connectivity index (χ3v) is 1.84. The molecule has 0 aromatic rings. The predicted octanol–water partition coefficient (Wildman–Crippen LogP) is 0.221. The van der Waals surface area contributed by atoms with Crippen molar-refractivity contribution >= 4 is 0 Å². The number of nitrogens with one attached hydrogen (secondary N) is 1. The Bertz CT molecular complexity index is 93.3. The molecule has 3 heteroatoms. The second-order valence-corrected chi connectivity index (χ2v) is 3.19. The van der Waals surface area contributed by atoms with Gasteiger partial charge in [0.15, 0.2) is 0 Å². The van der Waals surface area contributed by atoms with Gasteiger partial charge in [0.25, 0.3) is 0 Å². The molecule has 0 heterocycles. The zero-order valence-electron chi connectivity index (χ0n) is 8.09. The SMILES string of the molecule is CCC(NC(C)CN)N(C)C. The molecule has 68 valence electrons. The van der Waals surface area contributed by atoms with E-state index in [2.05, 4.69) is 38.2 Å². The molecule has 3 nitrogen and oxygen atoms in total. The van der Waals surface area contributed by atoms with Crippen molar-refractivity contribution in [2.24, 2.45) is 5.73 Å². The Morgan fingerprint density at radius 1 is 1.45 bits per heavy atom. The van der Waals surface area contributed by atoms with Gasteiger partial charge >= 0.3 is 0 Å². The van der Waals surface area contributed by atoms with E-state index in [4.69, 9.17) is 5.73 Å². The van der Waals surface area contributed by atoms with E-state index in [0.29, 0.717) is 18.8 Å². The first-order valence-corrected chi connectivity index (χ1v) is 4.24. The summed E-state index contributed by atoms with van der Waals surface area (Å²) in [6.45, 7) is 4.97. The Morgan fingerprint density at radius 2 is 2.00 bits per heavy atom. The van der Waals surface area contributed by atoms with Crippen LogP contribution in [-0.4, -0.2) is 37.7 Å². The highest BCUT2D eigenvalue weighted by Gasteiger charge is 2.09. The molecule has 0 aromatic carbocycles. The van der Waals surface area contributed by atoms with Crippen LogP contribution in [0.2, 0.25) is 0 Å². The molecule has 0 radical (unpaired) electrons. The maximum atomic E-state index is 5.49. The van der Waals surface area contributed by atoms with Crippen LogP contribution >= 0.6 is 0 Å². The van der Waals surface area contributed by atoms with E-state index < -0.39 is 0 Å². The first-order valence-electron chi connectivity index (χ1n) is 4.24. The minimum Gasteiger partial charge on any atom is -0.329 e. The number of nitrogens with zero attached hydrogens (tertiary/aromatic N) is 1. The monoisotopic (exact) mass is 159 g/mol. The van der Waals surface area contributed by atoms with Gasteiger partial charge in [-0.25, -0.2) is 0 Å². The van der Waals surface area contributed by atoms with Gasteiger partial charge in [-0.15, -0.1) is 0 Å². The highest BCUT2D eigenvalue weighted by Crippen LogP contribution is 1.95. The maximum Gasteiger partial charge on any atom is 0.0591 e. The van der Waals surface area contributed by atoms with Crippen molar-refractivity contribution in [1.82, 2.24) is 10.2 Å². The second-order valence-electron chi connectivity index (χ2n) is 3.19. The second kappa shape index (κ2) is 5.52. The molecule has 0 fully saturated rings. The minimum absolute atomic E-state index is 0.405. The molecule has 0 bridgehead atoms. The summed E-state index contributed by atoms with van der Waals surface area (Å²) in [7, 11) is 4.15. The number of hydrogen-bond acceptors (Lipinski definition) is 3. The topological polar surface area (TPSA) is 41.3 Å². The van der Waals surface area contributed by atoms with Gasteiger partial charge in [0.1, 0.15) is 0 Å². The Hall–Kier alpha value is -0.120. The molecule has 0 saturated heterocycles. The van der Waals surface area contributed by atoms with E-state index in [1.807, 2.05) is 0 Å². The zero-order valence-corrected chi connectivity index (χ0v) is 8.09. The van der Waals surface area contributed by atoms with Crippen molar-refractivity contribution in [2.75, 3.05) is 20.6 Å². The van der Waals surface area contributed by atoms with Crippen molar-refractivity contribution in [3.63, 3.8) is 0 Å². The maximum absolute atomic E-state index is 5.49. The molecule has 0 aromatic heterocycles. The fourth-order valence-corrected chi connectivity index (χ4v) is 1.03. The van der Waals surface area contributed by atoms with Crippen molar-refractivity contribution in [1.29, 1.82) is 0 Å². The lowest BCUT2D eigenvalue weighted by Gasteiger charge is -2.27. The highest BCUT2D eigenvalue weighted by molar-refractivity contribution is 4.68. The smallest absolute Gasteiger partial charge is 0.0591 e. The van der Waals surface area contributed by atoms with Crippen LogP contribution in [0.25, 0.3) is 0 Å².